The third kappa shape index (κ3) is 7.25. The minimum Gasteiger partial charge on any atom is -0.434 e. The van der Waals surface area contributed by atoms with E-state index < -0.39 is 12.3 Å². The number of hydrogen-bond acceptors (Lipinski definition) is 6. The molecule has 0 bridgehead atoms. The van der Waals surface area contributed by atoms with Crippen LogP contribution in [0.25, 0.3) is 0 Å². The molecular formula is C20H22O6. The smallest absolute Gasteiger partial charge is 0.434 e. The predicted octanol–water partition coefficient (Wildman–Crippen LogP) is 4.81. The van der Waals surface area contributed by atoms with Gasteiger partial charge in [-0.2, -0.15) is 0 Å². The standard InChI is InChI=1S/C20H22O6/c1-15-5-9-17(10-6-15)25-19(21)23-13-3-4-14-24-20(22)26-18-11-7-16(2)8-12-18/h5-12H,3-4,13-14H2,1-2H3. The molecule has 26 heavy (non-hydrogen) atoms. The first-order valence-electron chi connectivity index (χ1n) is 8.35. The molecule has 0 saturated carbocycles. The van der Waals surface area contributed by atoms with Crippen molar-refractivity contribution in [2.45, 2.75) is 26.7 Å². The van der Waals surface area contributed by atoms with Gasteiger partial charge in [0.1, 0.15) is 11.5 Å². The number of carbonyl (C=O) groups is 2. The summed E-state index contributed by atoms with van der Waals surface area (Å²) < 4.78 is 20.0. The van der Waals surface area contributed by atoms with Gasteiger partial charge in [0.2, 0.25) is 0 Å². The molecule has 0 radical (unpaired) electrons. The Balaban J connectivity index is 1.53. The van der Waals surface area contributed by atoms with Crippen molar-refractivity contribution in [3.63, 3.8) is 0 Å². The van der Waals surface area contributed by atoms with Gasteiger partial charge >= 0.3 is 12.3 Å². The van der Waals surface area contributed by atoms with Gasteiger partial charge in [-0.05, 0) is 51.0 Å². The zero-order valence-corrected chi connectivity index (χ0v) is 14.9. The van der Waals surface area contributed by atoms with E-state index >= 15 is 0 Å². The lowest BCUT2D eigenvalue weighted by molar-refractivity contribution is 0.0841. The van der Waals surface area contributed by atoms with Crippen LogP contribution in [0, 0.1) is 13.8 Å². The maximum atomic E-state index is 11.5. The molecule has 0 aromatic heterocycles. The van der Waals surface area contributed by atoms with Crippen molar-refractivity contribution in [2.75, 3.05) is 13.2 Å². The highest BCUT2D eigenvalue weighted by Gasteiger charge is 2.07. The fraction of sp³-hybridized carbons (Fsp3) is 0.300. The van der Waals surface area contributed by atoms with E-state index in [1.54, 1.807) is 24.3 Å². The van der Waals surface area contributed by atoms with E-state index in [4.69, 9.17) is 18.9 Å². The normalized spacial score (nSPS) is 10.1. The minimum absolute atomic E-state index is 0.182. The van der Waals surface area contributed by atoms with Crippen LogP contribution >= 0.6 is 0 Å². The lowest BCUT2D eigenvalue weighted by Crippen LogP contribution is -2.13. The van der Waals surface area contributed by atoms with Crippen molar-refractivity contribution in [1.29, 1.82) is 0 Å². The summed E-state index contributed by atoms with van der Waals surface area (Å²) in [5.41, 5.74) is 2.15. The second-order valence-corrected chi connectivity index (χ2v) is 5.73. The van der Waals surface area contributed by atoms with E-state index in [-0.39, 0.29) is 13.2 Å². The quantitative estimate of drug-likeness (QED) is 0.402. The molecule has 0 N–H and O–H groups in total. The first-order valence-corrected chi connectivity index (χ1v) is 8.35. The second-order valence-electron chi connectivity index (χ2n) is 5.73. The first kappa shape index (κ1) is 19.3. The van der Waals surface area contributed by atoms with Gasteiger partial charge < -0.3 is 18.9 Å². The molecule has 2 aromatic carbocycles. The summed E-state index contributed by atoms with van der Waals surface area (Å²) in [7, 11) is 0. The maximum Gasteiger partial charge on any atom is 0.513 e. The third-order valence-corrected chi connectivity index (χ3v) is 3.42. The summed E-state index contributed by atoms with van der Waals surface area (Å²) in [6.07, 6.45) is -0.427. The van der Waals surface area contributed by atoms with E-state index in [9.17, 15) is 9.59 Å². The van der Waals surface area contributed by atoms with Gasteiger partial charge in [-0.15, -0.1) is 0 Å². The summed E-state index contributed by atoms with van der Waals surface area (Å²) >= 11 is 0. The largest absolute Gasteiger partial charge is 0.513 e. The van der Waals surface area contributed by atoms with Crippen molar-refractivity contribution in [1.82, 2.24) is 0 Å². The molecule has 0 amide bonds. The lowest BCUT2D eigenvalue weighted by atomic mass is 10.2. The SMILES string of the molecule is Cc1ccc(OC(=O)OCCCCOC(=O)Oc2ccc(C)cc2)cc1. The number of benzene rings is 2. The molecule has 0 aliphatic rings. The van der Waals surface area contributed by atoms with Crippen LogP contribution in [0.3, 0.4) is 0 Å². The highest BCUT2D eigenvalue weighted by Crippen LogP contribution is 2.13. The van der Waals surface area contributed by atoms with Gasteiger partial charge in [0.25, 0.3) is 0 Å². The third-order valence-electron chi connectivity index (χ3n) is 3.42. The van der Waals surface area contributed by atoms with E-state index in [1.807, 2.05) is 38.1 Å². The molecular weight excluding hydrogens is 336 g/mol. The Morgan fingerprint density at radius 1 is 0.654 bits per heavy atom. The number of ether oxygens (including phenoxy) is 4. The van der Waals surface area contributed by atoms with E-state index in [2.05, 4.69) is 0 Å². The van der Waals surface area contributed by atoms with Crippen LogP contribution in [0.15, 0.2) is 48.5 Å². The van der Waals surface area contributed by atoms with Crippen molar-refractivity contribution in [3.05, 3.63) is 59.7 Å². The maximum absolute atomic E-state index is 11.5. The zero-order valence-electron chi connectivity index (χ0n) is 14.9. The average Bonchev–Trinajstić information content (AvgIpc) is 2.62. The van der Waals surface area contributed by atoms with Gasteiger partial charge in [0, 0.05) is 0 Å². The number of rotatable bonds is 7. The zero-order chi connectivity index (χ0) is 18.8. The van der Waals surface area contributed by atoms with E-state index in [0.29, 0.717) is 24.3 Å². The molecule has 6 heteroatoms. The Morgan fingerprint density at radius 3 is 1.35 bits per heavy atom. The summed E-state index contributed by atoms with van der Waals surface area (Å²) in [5.74, 6) is 0.866. The average molecular weight is 358 g/mol. The molecule has 0 heterocycles. The Labute approximate surface area is 152 Å². The number of hydrogen-bond donors (Lipinski definition) is 0. The van der Waals surface area contributed by atoms with Crippen LogP contribution in [0.1, 0.15) is 24.0 Å². The molecule has 0 unspecified atom stereocenters. The summed E-state index contributed by atoms with van der Waals surface area (Å²) in [6.45, 7) is 4.25. The number of aryl methyl sites for hydroxylation is 2. The number of carbonyl (C=O) groups excluding carboxylic acids is 2. The fourth-order valence-electron chi connectivity index (χ4n) is 1.98. The number of unbranched alkanes of at least 4 members (excludes halogenated alkanes) is 1. The van der Waals surface area contributed by atoms with E-state index in [0.717, 1.165) is 11.1 Å². The minimum atomic E-state index is -0.756. The molecule has 0 fully saturated rings. The van der Waals surface area contributed by atoms with Gasteiger partial charge in [-0.3, -0.25) is 0 Å². The van der Waals surface area contributed by atoms with E-state index in [1.165, 1.54) is 0 Å². The molecule has 0 aliphatic carbocycles. The molecule has 0 aliphatic heterocycles. The van der Waals surface area contributed by atoms with Gasteiger partial charge in [-0.1, -0.05) is 35.4 Å². The molecule has 0 saturated heterocycles. The highest BCUT2D eigenvalue weighted by atomic mass is 16.7. The van der Waals surface area contributed by atoms with Crippen LogP contribution in [-0.4, -0.2) is 25.5 Å². The Morgan fingerprint density at radius 2 is 1.00 bits per heavy atom. The van der Waals surface area contributed by atoms with Crippen LogP contribution in [0.4, 0.5) is 9.59 Å². The molecule has 2 aromatic rings. The molecule has 6 nitrogen and oxygen atoms in total. The fourth-order valence-corrected chi connectivity index (χ4v) is 1.98. The summed E-state index contributed by atoms with van der Waals surface area (Å²) in [5, 5.41) is 0. The Bertz CT molecular complexity index is 643. The molecule has 0 atom stereocenters. The van der Waals surface area contributed by atoms with Crippen LogP contribution in [0.5, 0.6) is 11.5 Å². The predicted molar refractivity (Wildman–Crippen MR) is 95.5 cm³/mol. The topological polar surface area (TPSA) is 71.1 Å². The van der Waals surface area contributed by atoms with Crippen LogP contribution in [0.2, 0.25) is 0 Å². The monoisotopic (exact) mass is 358 g/mol. The van der Waals surface area contributed by atoms with Gasteiger partial charge in [0.15, 0.2) is 0 Å². The summed E-state index contributed by atoms with van der Waals surface area (Å²) in [4.78, 5) is 23.0. The van der Waals surface area contributed by atoms with Crippen LogP contribution in [-0.2, 0) is 9.47 Å². The molecule has 2 rings (SSSR count). The van der Waals surface area contributed by atoms with Crippen LogP contribution < -0.4 is 9.47 Å². The highest BCUT2D eigenvalue weighted by molar-refractivity contribution is 5.64. The molecule has 138 valence electrons. The Hall–Kier alpha value is -3.02. The lowest BCUT2D eigenvalue weighted by Gasteiger charge is -2.07. The molecule has 0 spiro atoms. The summed E-state index contributed by atoms with van der Waals surface area (Å²) in [6, 6.07) is 14.2. The van der Waals surface area contributed by atoms with Crippen molar-refractivity contribution >= 4 is 12.3 Å². The van der Waals surface area contributed by atoms with Gasteiger partial charge in [0.05, 0.1) is 13.2 Å². The van der Waals surface area contributed by atoms with Gasteiger partial charge in [-0.25, -0.2) is 9.59 Å². The van der Waals surface area contributed by atoms with Crippen molar-refractivity contribution in [2.24, 2.45) is 0 Å². The Kier molecular flexibility index (Phi) is 7.49. The first-order chi connectivity index (χ1) is 12.5. The second kappa shape index (κ2) is 10.1. The van der Waals surface area contributed by atoms with Crippen molar-refractivity contribution in [3.8, 4) is 11.5 Å². The van der Waals surface area contributed by atoms with Crippen molar-refractivity contribution < 1.29 is 28.5 Å².